The Kier molecular flexibility index (Phi) is 9.92. The van der Waals surface area contributed by atoms with E-state index in [0.717, 1.165) is 41.2 Å². The van der Waals surface area contributed by atoms with Crippen molar-refractivity contribution in [3.63, 3.8) is 0 Å². The maximum Gasteiger partial charge on any atom is 0.0459 e. The first kappa shape index (κ1) is 27.5. The van der Waals surface area contributed by atoms with Gasteiger partial charge in [-0.1, -0.05) is 74.6 Å². The quantitative estimate of drug-likeness (QED) is 0.248. The van der Waals surface area contributed by atoms with Crippen molar-refractivity contribution in [2.24, 2.45) is 0 Å². The SMILES string of the molecule is C=C/C(C)=C\C=C(/C)N(c1ccccc1)c1ccc(N(C)/C=C/c2cc(C=C)c(CCC)cc2C)cc1. The van der Waals surface area contributed by atoms with Crippen LogP contribution >= 0.6 is 0 Å². The van der Waals surface area contributed by atoms with Crippen molar-refractivity contribution in [2.75, 3.05) is 16.8 Å². The molecule has 3 rings (SSSR count). The second-order valence-electron chi connectivity index (χ2n) is 9.40. The molecule has 0 N–H and O–H groups in total. The second kappa shape index (κ2) is 13.3. The predicted octanol–water partition coefficient (Wildman–Crippen LogP) is 9.87. The van der Waals surface area contributed by atoms with E-state index in [-0.39, 0.29) is 0 Å². The minimum Gasteiger partial charge on any atom is -0.351 e. The van der Waals surface area contributed by atoms with Gasteiger partial charge in [0.05, 0.1) is 0 Å². The van der Waals surface area contributed by atoms with E-state index in [1.54, 1.807) is 0 Å². The van der Waals surface area contributed by atoms with E-state index in [9.17, 15) is 0 Å². The fourth-order valence-corrected chi connectivity index (χ4v) is 4.30. The van der Waals surface area contributed by atoms with E-state index < -0.39 is 0 Å². The number of rotatable bonds is 11. The van der Waals surface area contributed by atoms with Gasteiger partial charge in [-0.15, -0.1) is 0 Å². The maximum atomic E-state index is 4.02. The fraction of sp³-hybridized carbons (Fsp3) is 0.200. The molecule has 190 valence electrons. The van der Waals surface area contributed by atoms with Crippen LogP contribution in [0.4, 0.5) is 17.1 Å². The molecule has 0 saturated carbocycles. The van der Waals surface area contributed by atoms with Gasteiger partial charge < -0.3 is 9.80 Å². The van der Waals surface area contributed by atoms with Crippen LogP contribution in [0, 0.1) is 6.92 Å². The lowest BCUT2D eigenvalue weighted by molar-refractivity contribution is 0.917. The molecule has 2 nitrogen and oxygen atoms in total. The van der Waals surface area contributed by atoms with Gasteiger partial charge in [-0.05, 0) is 104 Å². The zero-order valence-corrected chi connectivity index (χ0v) is 23.0. The third kappa shape index (κ3) is 7.24. The highest BCUT2D eigenvalue weighted by Crippen LogP contribution is 2.31. The van der Waals surface area contributed by atoms with Gasteiger partial charge in [-0.25, -0.2) is 0 Å². The first-order valence-corrected chi connectivity index (χ1v) is 13.0. The molecule has 2 heteroatoms. The van der Waals surface area contributed by atoms with Gasteiger partial charge >= 0.3 is 0 Å². The molecule has 0 fully saturated rings. The molecule has 0 bridgehead atoms. The normalized spacial score (nSPS) is 12.0. The number of hydrogen-bond acceptors (Lipinski definition) is 2. The summed E-state index contributed by atoms with van der Waals surface area (Å²) >= 11 is 0. The summed E-state index contributed by atoms with van der Waals surface area (Å²) in [5, 5.41) is 0. The molecule has 0 aliphatic heterocycles. The molecule has 0 saturated heterocycles. The van der Waals surface area contributed by atoms with Gasteiger partial charge in [0.1, 0.15) is 0 Å². The van der Waals surface area contributed by atoms with Gasteiger partial charge in [0.2, 0.25) is 0 Å². The minimum atomic E-state index is 1.08. The smallest absolute Gasteiger partial charge is 0.0459 e. The lowest BCUT2D eigenvalue weighted by Crippen LogP contribution is -2.14. The van der Waals surface area contributed by atoms with E-state index in [1.807, 2.05) is 18.2 Å². The molecule has 3 aromatic carbocycles. The van der Waals surface area contributed by atoms with Crippen LogP contribution in [0.15, 0.2) is 116 Å². The minimum absolute atomic E-state index is 1.08. The van der Waals surface area contributed by atoms with Crippen LogP contribution < -0.4 is 9.80 Å². The summed E-state index contributed by atoms with van der Waals surface area (Å²) in [7, 11) is 2.09. The maximum absolute atomic E-state index is 4.02. The van der Waals surface area contributed by atoms with Crippen molar-refractivity contribution in [3.8, 4) is 0 Å². The summed E-state index contributed by atoms with van der Waals surface area (Å²) in [5.41, 5.74) is 10.7. The molecule has 0 atom stereocenters. The summed E-state index contributed by atoms with van der Waals surface area (Å²) in [4.78, 5) is 4.42. The number of para-hydroxylation sites is 1. The van der Waals surface area contributed by atoms with Crippen molar-refractivity contribution in [3.05, 3.63) is 138 Å². The molecule has 0 heterocycles. The molecule has 37 heavy (non-hydrogen) atoms. The first-order chi connectivity index (χ1) is 17.9. The fourth-order valence-electron chi connectivity index (χ4n) is 4.30. The Labute approximate surface area is 224 Å². The second-order valence-corrected chi connectivity index (χ2v) is 9.40. The summed E-state index contributed by atoms with van der Waals surface area (Å²) in [5.74, 6) is 0. The Balaban J connectivity index is 1.87. The standard InChI is InChI=1S/C35H40N2/c1-8-14-32-25-28(5)31(26-30(32)10-3)23-24-36(7)33-19-21-35(22-20-33)37(34-15-12-11-13-16-34)29(6)18-17-27(4)9-2/h9-13,15-26H,2-3,8,14H2,1,4-7H3/b24-23+,27-17-,29-18+. The number of nitrogens with zero attached hydrogens (tertiary/aromatic N) is 2. The molecule has 3 aromatic rings. The molecule has 0 aromatic heterocycles. The summed E-state index contributed by atoms with van der Waals surface area (Å²) in [6, 6.07) is 23.7. The van der Waals surface area contributed by atoms with Crippen LogP contribution in [-0.2, 0) is 6.42 Å². The van der Waals surface area contributed by atoms with Gasteiger partial charge in [-0.3, -0.25) is 0 Å². The third-order valence-corrected chi connectivity index (χ3v) is 6.54. The van der Waals surface area contributed by atoms with E-state index in [4.69, 9.17) is 0 Å². The zero-order chi connectivity index (χ0) is 26.8. The number of hydrogen-bond donors (Lipinski definition) is 0. The zero-order valence-electron chi connectivity index (χ0n) is 23.0. The number of allylic oxidation sites excluding steroid dienone is 5. The number of aryl methyl sites for hydroxylation is 2. The number of anilines is 3. The van der Waals surface area contributed by atoms with Crippen LogP contribution in [0.3, 0.4) is 0 Å². The molecule has 0 spiro atoms. The number of benzene rings is 3. The lowest BCUT2D eigenvalue weighted by atomic mass is 9.96. The molecular weight excluding hydrogens is 448 g/mol. The highest BCUT2D eigenvalue weighted by molar-refractivity contribution is 5.71. The van der Waals surface area contributed by atoms with Crippen LogP contribution in [0.2, 0.25) is 0 Å². The highest BCUT2D eigenvalue weighted by atomic mass is 15.1. The average molecular weight is 489 g/mol. The summed E-state index contributed by atoms with van der Waals surface area (Å²) in [6.45, 7) is 16.5. The topological polar surface area (TPSA) is 6.48 Å². The molecular formula is C35H40N2. The van der Waals surface area contributed by atoms with Crippen LogP contribution in [0.25, 0.3) is 12.2 Å². The molecule has 0 unspecified atom stereocenters. The van der Waals surface area contributed by atoms with E-state index in [0.29, 0.717) is 0 Å². The summed E-state index contributed by atoms with van der Waals surface area (Å²) in [6.07, 6.45) is 14.6. The van der Waals surface area contributed by atoms with Gasteiger partial charge in [0.15, 0.2) is 0 Å². The van der Waals surface area contributed by atoms with Crippen molar-refractivity contribution in [1.29, 1.82) is 0 Å². The Morgan fingerprint density at radius 2 is 1.49 bits per heavy atom. The highest BCUT2D eigenvalue weighted by Gasteiger charge is 2.11. The van der Waals surface area contributed by atoms with Gasteiger partial charge in [-0.2, -0.15) is 0 Å². The van der Waals surface area contributed by atoms with Crippen LogP contribution in [0.5, 0.6) is 0 Å². The average Bonchev–Trinajstić information content (AvgIpc) is 2.92. The Morgan fingerprint density at radius 3 is 2.11 bits per heavy atom. The van der Waals surface area contributed by atoms with Gasteiger partial charge in [0.25, 0.3) is 0 Å². The predicted molar refractivity (Wildman–Crippen MR) is 165 cm³/mol. The van der Waals surface area contributed by atoms with Crippen LogP contribution in [0.1, 0.15) is 49.4 Å². The van der Waals surface area contributed by atoms with Crippen molar-refractivity contribution < 1.29 is 0 Å². The van der Waals surface area contributed by atoms with Crippen LogP contribution in [-0.4, -0.2) is 7.05 Å². The third-order valence-electron chi connectivity index (χ3n) is 6.54. The Bertz CT molecular complexity index is 1290. The van der Waals surface area contributed by atoms with Crippen molar-refractivity contribution in [1.82, 2.24) is 0 Å². The largest absolute Gasteiger partial charge is 0.351 e. The van der Waals surface area contributed by atoms with Gasteiger partial charge in [0, 0.05) is 36.0 Å². The monoisotopic (exact) mass is 488 g/mol. The lowest BCUT2D eigenvalue weighted by Gasteiger charge is -2.26. The van der Waals surface area contributed by atoms with E-state index in [2.05, 4.69) is 143 Å². The molecule has 0 radical (unpaired) electrons. The first-order valence-electron chi connectivity index (χ1n) is 13.0. The Hall–Kier alpha value is -4.04. The molecule has 0 aliphatic rings. The summed E-state index contributed by atoms with van der Waals surface area (Å²) < 4.78 is 0. The van der Waals surface area contributed by atoms with E-state index >= 15 is 0 Å². The Morgan fingerprint density at radius 1 is 0.838 bits per heavy atom. The van der Waals surface area contributed by atoms with Crippen molar-refractivity contribution in [2.45, 2.75) is 40.5 Å². The molecule has 0 amide bonds. The van der Waals surface area contributed by atoms with E-state index in [1.165, 1.54) is 22.3 Å². The van der Waals surface area contributed by atoms with Crippen molar-refractivity contribution >= 4 is 29.2 Å². The molecule has 0 aliphatic carbocycles.